The summed E-state index contributed by atoms with van der Waals surface area (Å²) in [5.41, 5.74) is 0.527. The molecular formula is C12H14INO2. The maximum absolute atomic E-state index is 11.8. The number of hydrogen-bond donors (Lipinski definition) is 2. The molecule has 1 aromatic carbocycles. The highest BCUT2D eigenvalue weighted by Gasteiger charge is 2.36. The fourth-order valence-corrected chi connectivity index (χ4v) is 2.12. The van der Waals surface area contributed by atoms with Crippen LogP contribution in [0.2, 0.25) is 0 Å². The van der Waals surface area contributed by atoms with Crippen molar-refractivity contribution in [2.24, 2.45) is 5.92 Å². The van der Waals surface area contributed by atoms with Crippen molar-refractivity contribution in [1.29, 1.82) is 0 Å². The van der Waals surface area contributed by atoms with Crippen molar-refractivity contribution in [3.63, 3.8) is 0 Å². The summed E-state index contributed by atoms with van der Waals surface area (Å²) in [6.07, 6.45) is 2.20. The summed E-state index contributed by atoms with van der Waals surface area (Å²) in [5.74, 6) is 0.713. The molecule has 2 N–H and O–H groups in total. The molecule has 1 aromatic rings. The van der Waals surface area contributed by atoms with Gasteiger partial charge >= 0.3 is 0 Å². The van der Waals surface area contributed by atoms with E-state index >= 15 is 0 Å². The first-order valence-corrected chi connectivity index (χ1v) is 6.49. The number of amides is 1. The van der Waals surface area contributed by atoms with Gasteiger partial charge in [-0.05, 0) is 53.1 Å². The molecule has 1 aliphatic carbocycles. The Hall–Kier alpha value is -0.780. The van der Waals surface area contributed by atoms with Crippen molar-refractivity contribution in [2.45, 2.75) is 25.8 Å². The van der Waals surface area contributed by atoms with Gasteiger partial charge in [0.2, 0.25) is 0 Å². The van der Waals surface area contributed by atoms with Gasteiger partial charge in [-0.1, -0.05) is 13.3 Å². The number of benzene rings is 1. The third kappa shape index (κ3) is 2.48. The van der Waals surface area contributed by atoms with Gasteiger partial charge in [-0.2, -0.15) is 0 Å². The standard InChI is InChI=1S/C12H14INO2/c1-2-7-5-10(7)14-12(16)8-3-4-9(13)11(15)6-8/h3-4,6-7,10,15H,2,5H2,1H3,(H,14,16). The SMILES string of the molecule is CCC1CC1NC(=O)c1ccc(I)c(O)c1. The highest BCUT2D eigenvalue weighted by atomic mass is 127. The molecule has 86 valence electrons. The molecule has 2 unspecified atom stereocenters. The Morgan fingerprint density at radius 3 is 2.94 bits per heavy atom. The summed E-state index contributed by atoms with van der Waals surface area (Å²) < 4.78 is 0.756. The minimum Gasteiger partial charge on any atom is -0.507 e. The molecule has 1 fully saturated rings. The molecule has 1 aliphatic rings. The monoisotopic (exact) mass is 331 g/mol. The Balaban J connectivity index is 2.01. The van der Waals surface area contributed by atoms with E-state index in [0.29, 0.717) is 17.5 Å². The molecule has 0 radical (unpaired) electrons. The number of rotatable bonds is 3. The van der Waals surface area contributed by atoms with Crippen LogP contribution >= 0.6 is 22.6 Å². The van der Waals surface area contributed by atoms with Crippen LogP contribution in [0.1, 0.15) is 30.1 Å². The van der Waals surface area contributed by atoms with E-state index in [4.69, 9.17) is 0 Å². The number of carbonyl (C=O) groups is 1. The summed E-state index contributed by atoms with van der Waals surface area (Å²) in [6.45, 7) is 2.13. The topological polar surface area (TPSA) is 49.3 Å². The van der Waals surface area contributed by atoms with Crippen LogP contribution in [0.25, 0.3) is 0 Å². The Morgan fingerprint density at radius 2 is 2.38 bits per heavy atom. The van der Waals surface area contributed by atoms with E-state index < -0.39 is 0 Å². The Bertz CT molecular complexity index is 419. The van der Waals surface area contributed by atoms with Gasteiger partial charge in [-0.15, -0.1) is 0 Å². The molecule has 4 heteroatoms. The van der Waals surface area contributed by atoms with Crippen LogP contribution in [0.15, 0.2) is 18.2 Å². The van der Waals surface area contributed by atoms with Crippen molar-refractivity contribution in [3.05, 3.63) is 27.3 Å². The maximum atomic E-state index is 11.8. The molecule has 0 spiro atoms. The zero-order valence-electron chi connectivity index (χ0n) is 9.03. The number of nitrogens with one attached hydrogen (secondary N) is 1. The molecule has 0 aromatic heterocycles. The summed E-state index contributed by atoms with van der Waals surface area (Å²) in [6, 6.07) is 5.33. The maximum Gasteiger partial charge on any atom is 0.251 e. The van der Waals surface area contributed by atoms with Gasteiger partial charge in [0.15, 0.2) is 0 Å². The Kier molecular flexibility index (Phi) is 3.37. The minimum absolute atomic E-state index is 0.0901. The average Bonchev–Trinajstić information content (AvgIpc) is 3.00. The predicted octanol–water partition coefficient (Wildman–Crippen LogP) is 2.53. The lowest BCUT2D eigenvalue weighted by Gasteiger charge is -2.05. The number of aromatic hydroxyl groups is 1. The molecule has 0 saturated heterocycles. The largest absolute Gasteiger partial charge is 0.507 e. The van der Waals surface area contributed by atoms with Crippen molar-refractivity contribution in [2.75, 3.05) is 0 Å². The van der Waals surface area contributed by atoms with Crippen LogP contribution in [-0.2, 0) is 0 Å². The zero-order chi connectivity index (χ0) is 11.7. The normalized spacial score (nSPS) is 22.9. The molecule has 2 atom stereocenters. The van der Waals surface area contributed by atoms with Gasteiger partial charge in [0, 0.05) is 11.6 Å². The highest BCUT2D eigenvalue weighted by molar-refractivity contribution is 14.1. The van der Waals surface area contributed by atoms with Gasteiger partial charge in [-0.3, -0.25) is 4.79 Å². The fraction of sp³-hybridized carbons (Fsp3) is 0.417. The van der Waals surface area contributed by atoms with E-state index in [1.807, 2.05) is 22.6 Å². The number of phenols is 1. The van der Waals surface area contributed by atoms with Crippen molar-refractivity contribution < 1.29 is 9.90 Å². The number of carbonyl (C=O) groups excluding carboxylic acids is 1. The van der Waals surface area contributed by atoms with E-state index in [2.05, 4.69) is 12.2 Å². The molecule has 3 nitrogen and oxygen atoms in total. The summed E-state index contributed by atoms with van der Waals surface area (Å²) >= 11 is 2.03. The second-order valence-electron chi connectivity index (χ2n) is 4.15. The lowest BCUT2D eigenvalue weighted by atomic mass is 10.2. The van der Waals surface area contributed by atoms with Crippen LogP contribution < -0.4 is 5.32 Å². The van der Waals surface area contributed by atoms with Crippen molar-refractivity contribution in [1.82, 2.24) is 5.32 Å². The third-order valence-corrected chi connectivity index (χ3v) is 3.88. The molecule has 2 rings (SSSR count). The van der Waals surface area contributed by atoms with Gasteiger partial charge in [0.05, 0.1) is 3.57 Å². The highest BCUT2D eigenvalue weighted by Crippen LogP contribution is 2.33. The first kappa shape index (κ1) is 11.7. The molecule has 0 heterocycles. The first-order chi connectivity index (χ1) is 7.61. The lowest BCUT2D eigenvalue weighted by molar-refractivity contribution is 0.0948. The second-order valence-corrected chi connectivity index (χ2v) is 5.31. The van der Waals surface area contributed by atoms with Crippen LogP contribution in [-0.4, -0.2) is 17.1 Å². The number of halogens is 1. The zero-order valence-corrected chi connectivity index (χ0v) is 11.2. The van der Waals surface area contributed by atoms with Crippen LogP contribution in [0, 0.1) is 9.49 Å². The predicted molar refractivity (Wildman–Crippen MR) is 70.5 cm³/mol. The van der Waals surface area contributed by atoms with Crippen LogP contribution in [0.4, 0.5) is 0 Å². The van der Waals surface area contributed by atoms with Gasteiger partial charge in [-0.25, -0.2) is 0 Å². The minimum atomic E-state index is -0.0901. The fourth-order valence-electron chi connectivity index (χ4n) is 1.78. The van der Waals surface area contributed by atoms with Gasteiger partial charge in [0.25, 0.3) is 5.91 Å². The van der Waals surface area contributed by atoms with Gasteiger partial charge in [0.1, 0.15) is 5.75 Å². The van der Waals surface area contributed by atoms with E-state index in [0.717, 1.165) is 16.4 Å². The Morgan fingerprint density at radius 1 is 1.62 bits per heavy atom. The average molecular weight is 331 g/mol. The van der Waals surface area contributed by atoms with Crippen molar-refractivity contribution >= 4 is 28.5 Å². The Labute approximate surface area is 108 Å². The molecule has 1 saturated carbocycles. The number of hydrogen-bond acceptors (Lipinski definition) is 2. The lowest BCUT2D eigenvalue weighted by Crippen LogP contribution is -2.26. The molecule has 0 bridgehead atoms. The van der Waals surface area contributed by atoms with E-state index in [9.17, 15) is 9.90 Å². The second kappa shape index (κ2) is 4.61. The summed E-state index contributed by atoms with van der Waals surface area (Å²) in [4.78, 5) is 11.8. The summed E-state index contributed by atoms with van der Waals surface area (Å²) in [5, 5.41) is 12.5. The molecule has 1 amide bonds. The van der Waals surface area contributed by atoms with Gasteiger partial charge < -0.3 is 10.4 Å². The summed E-state index contributed by atoms with van der Waals surface area (Å²) in [7, 11) is 0. The molecule has 16 heavy (non-hydrogen) atoms. The quantitative estimate of drug-likeness (QED) is 0.837. The van der Waals surface area contributed by atoms with Crippen LogP contribution in [0.5, 0.6) is 5.75 Å². The van der Waals surface area contributed by atoms with E-state index in [-0.39, 0.29) is 11.7 Å². The van der Waals surface area contributed by atoms with E-state index in [1.54, 1.807) is 12.1 Å². The van der Waals surface area contributed by atoms with Crippen LogP contribution in [0.3, 0.4) is 0 Å². The molecular weight excluding hydrogens is 317 g/mol. The smallest absolute Gasteiger partial charge is 0.251 e. The van der Waals surface area contributed by atoms with E-state index in [1.165, 1.54) is 6.07 Å². The molecule has 0 aliphatic heterocycles. The first-order valence-electron chi connectivity index (χ1n) is 5.41. The third-order valence-electron chi connectivity index (χ3n) is 2.97. The van der Waals surface area contributed by atoms with Crippen molar-refractivity contribution in [3.8, 4) is 5.75 Å². The number of phenolic OH excluding ortho intramolecular Hbond substituents is 1.